The molecule has 0 radical (unpaired) electrons. The van der Waals surface area contributed by atoms with Crippen molar-refractivity contribution in [2.24, 2.45) is 0 Å². The summed E-state index contributed by atoms with van der Waals surface area (Å²) in [6.07, 6.45) is -34.7. The molecule has 2 saturated heterocycles. The van der Waals surface area contributed by atoms with Gasteiger partial charge in [-0.15, -0.1) is 0 Å². The Morgan fingerprint density at radius 2 is 0.893 bits per heavy atom. The van der Waals surface area contributed by atoms with E-state index in [-0.39, 0.29) is 56.5 Å². The second kappa shape index (κ2) is 20.1. The number of rotatable bonds is 5. The van der Waals surface area contributed by atoms with Gasteiger partial charge in [-0.2, -0.15) is 57.0 Å². The van der Waals surface area contributed by atoms with E-state index in [0.29, 0.717) is 4.90 Å². The van der Waals surface area contributed by atoms with Crippen LogP contribution in [-0.4, -0.2) is 132 Å². The Bertz CT molecular complexity index is 1730. The number of ether oxygens (including phenoxy) is 2. The fourth-order valence-corrected chi connectivity index (χ4v) is 6.51. The number of carbonyl (C=O) groups is 2. The normalized spacial score (nSPS) is 16.1. The number of sulfonamides is 1. The summed E-state index contributed by atoms with van der Waals surface area (Å²) in [5.74, 6) is 0. The van der Waals surface area contributed by atoms with E-state index < -0.39 is 81.3 Å². The van der Waals surface area contributed by atoms with Gasteiger partial charge in [0, 0.05) is 63.0 Å². The largest absolute Gasteiger partial charge is 0.434 e. The van der Waals surface area contributed by atoms with E-state index in [0.717, 1.165) is 9.21 Å². The maximum absolute atomic E-state index is 12.4. The minimum Gasteiger partial charge on any atom is -0.426 e. The van der Waals surface area contributed by atoms with Crippen LogP contribution in [0.15, 0.2) is 70.5 Å². The highest BCUT2D eigenvalue weighted by Crippen LogP contribution is 2.37. The summed E-state index contributed by atoms with van der Waals surface area (Å²) >= 11 is 0. The van der Waals surface area contributed by atoms with Crippen molar-refractivity contribution in [3.63, 3.8) is 0 Å². The molecule has 0 bridgehead atoms. The highest BCUT2D eigenvalue weighted by Gasteiger charge is 2.61. The molecule has 0 spiro atoms. The number of nitrogens with zero attached hydrogens (tertiary/aromatic N) is 3. The van der Waals surface area contributed by atoms with Crippen molar-refractivity contribution in [1.82, 2.24) is 19.4 Å². The van der Waals surface area contributed by atoms with Crippen LogP contribution in [0.4, 0.5) is 62.3 Å². The number of alkyl halides is 12. The van der Waals surface area contributed by atoms with Gasteiger partial charge in [0.05, 0.1) is 9.79 Å². The molecular formula is C29H33ClF12N4O8S2. The first kappa shape index (κ1) is 50.3. The molecule has 320 valence electrons. The van der Waals surface area contributed by atoms with Gasteiger partial charge in [0.2, 0.25) is 10.0 Å². The Hall–Kier alpha value is -3.75. The molecule has 12 nitrogen and oxygen atoms in total. The number of hydrogen-bond acceptors (Lipinski definition) is 9. The SMILES string of the molecule is C.O=C(OC(C(F)(F)F)C(F)(F)F)N1CCN(S(=O)(=O)c2ccccc2)CC1.O=C(OC(C(F)(F)F)C(F)(F)F)N1CCNCC1.O=S(=O)(Cl)c1ccccc1. The monoisotopic (exact) mass is 892 g/mol. The zero-order valence-electron chi connectivity index (χ0n) is 27.4. The Balaban J connectivity index is 0.000000464. The van der Waals surface area contributed by atoms with Crippen LogP contribution in [0.25, 0.3) is 0 Å². The van der Waals surface area contributed by atoms with E-state index in [1.807, 2.05) is 0 Å². The number of hydrogen-bond donors (Lipinski definition) is 1. The number of piperazine rings is 2. The summed E-state index contributed by atoms with van der Waals surface area (Å²) in [6.45, 7) is -0.830. The lowest BCUT2D eigenvalue weighted by Gasteiger charge is -2.34. The molecule has 2 aliphatic heterocycles. The summed E-state index contributed by atoms with van der Waals surface area (Å²) in [7, 11) is -2.39. The standard InChI is InChI=1S/C14H14F6N2O4S.C8H10F6N2O2.C6H5ClO2S.CH4/c15-13(16,17)11(14(18,19)20)26-12(23)21-6-8-22(9-7-21)27(24,25)10-4-2-1-3-5-10;9-7(10,11)5(8(12,13)14)18-6(17)16-3-1-15-2-4-16;7-10(8,9)6-4-2-1-3-5-6;/h1-5,11H,6-9H2;5,15H,1-4H2;1-5H;1H4. The molecule has 0 atom stereocenters. The molecular weight excluding hydrogens is 860 g/mol. The predicted octanol–water partition coefficient (Wildman–Crippen LogP) is 6.39. The fourth-order valence-electron chi connectivity index (χ4n) is 4.27. The first-order valence-electron chi connectivity index (χ1n) is 15.0. The molecule has 2 fully saturated rings. The first-order chi connectivity index (χ1) is 25.1. The van der Waals surface area contributed by atoms with Crippen LogP contribution >= 0.6 is 10.7 Å². The van der Waals surface area contributed by atoms with Crippen molar-refractivity contribution in [1.29, 1.82) is 0 Å². The molecule has 2 aliphatic rings. The smallest absolute Gasteiger partial charge is 0.426 e. The Morgan fingerprint density at radius 1 is 0.571 bits per heavy atom. The molecule has 0 unspecified atom stereocenters. The second-order valence-corrected chi connectivity index (χ2v) is 15.4. The van der Waals surface area contributed by atoms with Crippen LogP contribution in [-0.2, 0) is 28.5 Å². The van der Waals surface area contributed by atoms with Gasteiger partial charge in [0.1, 0.15) is 0 Å². The second-order valence-electron chi connectivity index (χ2n) is 10.9. The zero-order chi connectivity index (χ0) is 42.0. The van der Waals surface area contributed by atoms with Gasteiger partial charge in [-0.3, -0.25) is 0 Å². The first-order valence-corrected chi connectivity index (χ1v) is 18.7. The van der Waals surface area contributed by atoms with Crippen molar-refractivity contribution >= 4 is 41.9 Å². The summed E-state index contributed by atoms with van der Waals surface area (Å²) in [4.78, 5) is 24.4. The van der Waals surface area contributed by atoms with Gasteiger partial charge in [-0.05, 0) is 24.3 Å². The minimum atomic E-state index is -5.81. The maximum atomic E-state index is 12.4. The molecule has 0 aromatic heterocycles. The number of amides is 2. The summed E-state index contributed by atoms with van der Waals surface area (Å²) in [6, 6.07) is 15.1. The lowest BCUT2D eigenvalue weighted by Crippen LogP contribution is -2.53. The third kappa shape index (κ3) is 15.7. The number of carbonyl (C=O) groups excluding carboxylic acids is 2. The van der Waals surface area contributed by atoms with Crippen molar-refractivity contribution < 1.29 is 88.6 Å². The third-order valence-electron chi connectivity index (χ3n) is 6.90. The highest BCUT2D eigenvalue weighted by atomic mass is 35.7. The Kier molecular flexibility index (Phi) is 18.0. The van der Waals surface area contributed by atoms with Gasteiger partial charge in [0.25, 0.3) is 21.3 Å². The number of benzene rings is 2. The van der Waals surface area contributed by atoms with Crippen LogP contribution in [0, 0.1) is 0 Å². The van der Waals surface area contributed by atoms with Gasteiger partial charge in [-0.1, -0.05) is 43.8 Å². The average molecular weight is 893 g/mol. The van der Waals surface area contributed by atoms with Gasteiger partial charge >= 0.3 is 36.9 Å². The lowest BCUT2D eigenvalue weighted by atomic mass is 10.3. The summed E-state index contributed by atoms with van der Waals surface area (Å²) in [5.41, 5.74) is 0. The molecule has 2 aromatic rings. The lowest BCUT2D eigenvalue weighted by molar-refractivity contribution is -0.309. The topological polar surface area (TPSA) is 143 Å². The molecule has 4 rings (SSSR count). The number of halogens is 13. The van der Waals surface area contributed by atoms with Crippen molar-refractivity contribution in [3.8, 4) is 0 Å². The van der Waals surface area contributed by atoms with Crippen LogP contribution in [0.3, 0.4) is 0 Å². The van der Waals surface area contributed by atoms with Crippen molar-refractivity contribution in [2.45, 2.75) is 54.1 Å². The van der Waals surface area contributed by atoms with Crippen LogP contribution in [0.5, 0.6) is 0 Å². The van der Waals surface area contributed by atoms with Gasteiger partial charge in [-0.25, -0.2) is 26.4 Å². The zero-order valence-corrected chi connectivity index (χ0v) is 29.8. The molecule has 56 heavy (non-hydrogen) atoms. The molecule has 1 N–H and O–H groups in total. The van der Waals surface area contributed by atoms with Gasteiger partial charge < -0.3 is 24.6 Å². The third-order valence-corrected chi connectivity index (χ3v) is 10.2. The van der Waals surface area contributed by atoms with Crippen molar-refractivity contribution in [2.75, 3.05) is 52.4 Å². The van der Waals surface area contributed by atoms with E-state index in [1.165, 1.54) is 36.4 Å². The van der Waals surface area contributed by atoms with Crippen molar-refractivity contribution in [3.05, 3.63) is 60.7 Å². The van der Waals surface area contributed by atoms with E-state index in [4.69, 9.17) is 10.7 Å². The van der Waals surface area contributed by atoms with E-state index in [1.54, 1.807) is 24.3 Å². The quantitative estimate of drug-likeness (QED) is 0.267. The molecule has 2 amide bonds. The minimum absolute atomic E-state index is 0. The predicted molar refractivity (Wildman–Crippen MR) is 172 cm³/mol. The Morgan fingerprint density at radius 3 is 1.20 bits per heavy atom. The van der Waals surface area contributed by atoms with E-state index >= 15 is 0 Å². The molecule has 27 heteroatoms. The molecule has 0 aliphatic carbocycles. The Labute approximate surface area is 316 Å². The molecule has 0 saturated carbocycles. The average Bonchev–Trinajstić information content (AvgIpc) is 3.09. The maximum Gasteiger partial charge on any atom is 0.434 e. The van der Waals surface area contributed by atoms with E-state index in [9.17, 15) is 79.1 Å². The van der Waals surface area contributed by atoms with Crippen LogP contribution in [0.2, 0.25) is 0 Å². The van der Waals surface area contributed by atoms with Crippen LogP contribution in [0.1, 0.15) is 7.43 Å². The van der Waals surface area contributed by atoms with Crippen LogP contribution < -0.4 is 5.32 Å². The van der Waals surface area contributed by atoms with E-state index in [2.05, 4.69) is 14.8 Å². The molecule has 2 aromatic carbocycles. The number of nitrogens with one attached hydrogen (secondary N) is 1. The fraction of sp³-hybridized carbons (Fsp3) is 0.517. The van der Waals surface area contributed by atoms with Gasteiger partial charge in [0.15, 0.2) is 0 Å². The summed E-state index contributed by atoms with van der Waals surface area (Å²) < 4.78 is 201. The summed E-state index contributed by atoms with van der Waals surface area (Å²) in [5, 5.41) is 2.79. The highest BCUT2D eigenvalue weighted by molar-refractivity contribution is 8.13. The molecule has 2 heterocycles.